The Morgan fingerprint density at radius 1 is 1.20 bits per heavy atom. The van der Waals surface area contributed by atoms with Gasteiger partial charge in [-0.25, -0.2) is 8.78 Å². The maximum absolute atomic E-state index is 13.6. The molecule has 182 valence electrons. The number of aromatic nitrogens is 1. The van der Waals surface area contributed by atoms with E-state index in [0.29, 0.717) is 22.5 Å². The first-order chi connectivity index (χ1) is 16.7. The van der Waals surface area contributed by atoms with Gasteiger partial charge in [0.25, 0.3) is 0 Å². The topological polar surface area (TPSA) is 93.8 Å². The van der Waals surface area contributed by atoms with Crippen molar-refractivity contribution in [2.75, 3.05) is 7.05 Å². The second-order valence-electron chi connectivity index (χ2n) is 7.36. The van der Waals surface area contributed by atoms with E-state index in [1.165, 1.54) is 12.1 Å². The minimum Gasteiger partial charge on any atom is -0.366 e. The molecule has 3 rings (SSSR count). The first-order valence-corrected chi connectivity index (χ1v) is 10.8. The maximum Gasteiger partial charge on any atom is 0.248 e. The Balaban J connectivity index is 0.000000250. The van der Waals surface area contributed by atoms with Crippen LogP contribution in [0.1, 0.15) is 42.5 Å². The summed E-state index contributed by atoms with van der Waals surface area (Å²) in [6.45, 7) is 9.22. The zero-order chi connectivity index (χ0) is 26.0. The van der Waals surface area contributed by atoms with Gasteiger partial charge >= 0.3 is 0 Å². The fourth-order valence-electron chi connectivity index (χ4n) is 3.02. The molecule has 0 saturated heterocycles. The van der Waals surface area contributed by atoms with Gasteiger partial charge in [0.1, 0.15) is 11.5 Å². The largest absolute Gasteiger partial charge is 0.366 e. The van der Waals surface area contributed by atoms with E-state index >= 15 is 0 Å². The SMILES string of the molecule is C=C(C=NC)/C(=C\C)N=C(C)c1cccc(F)c1F.CCc1cc(-c2cccc(C(N)=O)c2)no1. The third kappa shape index (κ3) is 7.40. The van der Waals surface area contributed by atoms with E-state index in [4.69, 9.17) is 10.3 Å². The highest BCUT2D eigenvalue weighted by Crippen LogP contribution is 2.20. The molecule has 0 unspecified atom stereocenters. The molecule has 0 bridgehead atoms. The summed E-state index contributed by atoms with van der Waals surface area (Å²) in [4.78, 5) is 19.1. The summed E-state index contributed by atoms with van der Waals surface area (Å²) >= 11 is 0. The van der Waals surface area contributed by atoms with Crippen molar-refractivity contribution < 1.29 is 18.1 Å². The number of aryl methyl sites for hydroxylation is 1. The summed E-state index contributed by atoms with van der Waals surface area (Å²) in [6.07, 6.45) is 4.10. The number of carbonyl (C=O) groups is 1. The second-order valence-corrected chi connectivity index (χ2v) is 7.36. The minimum atomic E-state index is -0.894. The molecule has 0 spiro atoms. The van der Waals surface area contributed by atoms with Crippen molar-refractivity contribution in [3.63, 3.8) is 0 Å². The van der Waals surface area contributed by atoms with Gasteiger partial charge in [0.2, 0.25) is 5.91 Å². The molecule has 0 aliphatic heterocycles. The summed E-state index contributed by atoms with van der Waals surface area (Å²) in [5, 5.41) is 3.93. The molecule has 0 atom stereocenters. The summed E-state index contributed by atoms with van der Waals surface area (Å²) in [7, 11) is 1.63. The first kappa shape index (κ1) is 27.0. The lowest BCUT2D eigenvalue weighted by Gasteiger charge is -2.06. The fraction of sp³-hybridized carbons (Fsp3) is 0.185. The smallest absolute Gasteiger partial charge is 0.248 e. The summed E-state index contributed by atoms with van der Waals surface area (Å²) in [6, 6.07) is 12.9. The molecule has 0 saturated carbocycles. The van der Waals surface area contributed by atoms with Gasteiger partial charge in [0.05, 0.1) is 5.70 Å². The van der Waals surface area contributed by atoms with E-state index in [9.17, 15) is 13.6 Å². The molecule has 6 nitrogen and oxygen atoms in total. The number of carbonyl (C=O) groups excluding carboxylic acids is 1. The lowest BCUT2D eigenvalue weighted by Crippen LogP contribution is -2.10. The number of benzene rings is 2. The molecule has 0 radical (unpaired) electrons. The molecule has 8 heteroatoms. The number of hydrogen-bond acceptors (Lipinski definition) is 5. The van der Waals surface area contributed by atoms with Crippen molar-refractivity contribution in [3.8, 4) is 11.3 Å². The zero-order valence-electron chi connectivity index (χ0n) is 20.2. The number of hydrogen-bond donors (Lipinski definition) is 1. The molecule has 2 aromatic carbocycles. The van der Waals surface area contributed by atoms with Crippen molar-refractivity contribution in [3.05, 3.63) is 101 Å². The van der Waals surface area contributed by atoms with Gasteiger partial charge in [-0.15, -0.1) is 0 Å². The van der Waals surface area contributed by atoms with Gasteiger partial charge in [-0.2, -0.15) is 0 Å². The average Bonchev–Trinajstić information content (AvgIpc) is 3.34. The molecule has 0 fully saturated rings. The lowest BCUT2D eigenvalue weighted by atomic mass is 10.1. The Hall–Kier alpha value is -4.20. The highest BCUT2D eigenvalue weighted by atomic mass is 19.2. The maximum atomic E-state index is 13.6. The number of nitrogens with two attached hydrogens (primary N) is 1. The van der Waals surface area contributed by atoms with Crippen LogP contribution in [0.4, 0.5) is 8.78 Å². The molecule has 3 aromatic rings. The molecule has 1 heterocycles. The zero-order valence-corrected chi connectivity index (χ0v) is 20.2. The highest BCUT2D eigenvalue weighted by molar-refractivity contribution is 6.00. The van der Waals surface area contributed by atoms with Crippen LogP contribution in [0.2, 0.25) is 0 Å². The molecule has 1 amide bonds. The van der Waals surface area contributed by atoms with Crippen LogP contribution in [-0.2, 0) is 6.42 Å². The van der Waals surface area contributed by atoms with Crippen molar-refractivity contribution in [1.29, 1.82) is 0 Å². The normalized spacial score (nSPS) is 11.8. The molecular weight excluding hydrogens is 450 g/mol. The van der Waals surface area contributed by atoms with Crippen LogP contribution in [0, 0.1) is 11.6 Å². The molecular formula is C27H28F2N4O2. The fourth-order valence-corrected chi connectivity index (χ4v) is 3.02. The molecule has 35 heavy (non-hydrogen) atoms. The molecule has 1 aromatic heterocycles. The third-order valence-electron chi connectivity index (χ3n) is 4.87. The van der Waals surface area contributed by atoms with Crippen LogP contribution in [0.15, 0.2) is 87.0 Å². The van der Waals surface area contributed by atoms with E-state index in [0.717, 1.165) is 29.5 Å². The highest BCUT2D eigenvalue weighted by Gasteiger charge is 2.11. The molecule has 0 aliphatic carbocycles. The number of rotatable bonds is 7. The Bertz CT molecular complexity index is 1290. The van der Waals surface area contributed by atoms with Crippen molar-refractivity contribution in [2.45, 2.75) is 27.2 Å². The van der Waals surface area contributed by atoms with Crippen LogP contribution in [0.3, 0.4) is 0 Å². The predicted octanol–water partition coefficient (Wildman–Crippen LogP) is 5.94. The van der Waals surface area contributed by atoms with Crippen molar-refractivity contribution in [2.24, 2.45) is 15.7 Å². The van der Waals surface area contributed by atoms with Gasteiger partial charge in [-0.3, -0.25) is 14.8 Å². The summed E-state index contributed by atoms with van der Waals surface area (Å²) < 4.78 is 31.9. The van der Waals surface area contributed by atoms with Gasteiger partial charge in [0.15, 0.2) is 11.6 Å². The third-order valence-corrected chi connectivity index (χ3v) is 4.87. The van der Waals surface area contributed by atoms with Crippen LogP contribution >= 0.6 is 0 Å². The van der Waals surface area contributed by atoms with Crippen molar-refractivity contribution in [1.82, 2.24) is 5.16 Å². The molecule has 0 aliphatic rings. The Morgan fingerprint density at radius 2 is 1.91 bits per heavy atom. The number of halogens is 2. The van der Waals surface area contributed by atoms with Gasteiger partial charge < -0.3 is 10.3 Å². The number of amides is 1. The van der Waals surface area contributed by atoms with Gasteiger partial charge in [-0.05, 0) is 38.1 Å². The van der Waals surface area contributed by atoms with E-state index in [2.05, 4.69) is 21.7 Å². The number of allylic oxidation sites excluding steroid dienone is 2. The molecule has 2 N–H and O–H groups in total. The Labute approximate surface area is 203 Å². The quantitative estimate of drug-likeness (QED) is 0.336. The number of primary amides is 1. The summed E-state index contributed by atoms with van der Waals surface area (Å²) in [5.41, 5.74) is 8.95. The van der Waals surface area contributed by atoms with Crippen LogP contribution in [0.25, 0.3) is 11.3 Å². The van der Waals surface area contributed by atoms with Crippen LogP contribution in [0.5, 0.6) is 0 Å². The number of aliphatic imine (C=N–C) groups is 2. The summed E-state index contributed by atoms with van der Waals surface area (Å²) in [5.74, 6) is -1.41. The van der Waals surface area contributed by atoms with E-state index < -0.39 is 17.5 Å². The van der Waals surface area contributed by atoms with Gasteiger partial charge in [0, 0.05) is 53.7 Å². The standard InChI is InChI=1S/C15H16F2N2.C12H12N2O2/c1-5-14(10(2)9-18-4)19-11(3)12-7-6-8-13(16)15(12)17;1-2-10-7-11(14-16-10)8-4-3-5-9(6-8)12(13)15/h5-9H,2H2,1,3-4H3;3-7H,2H2,1H3,(H2,13,15)/b14-5+,18-9?,19-11?;. The van der Waals surface area contributed by atoms with Crippen molar-refractivity contribution >= 4 is 17.8 Å². The second kappa shape index (κ2) is 12.9. The Morgan fingerprint density at radius 3 is 2.51 bits per heavy atom. The number of nitrogens with zero attached hydrogens (tertiary/aromatic N) is 3. The van der Waals surface area contributed by atoms with Crippen LogP contribution in [-0.4, -0.2) is 30.0 Å². The van der Waals surface area contributed by atoms with Crippen LogP contribution < -0.4 is 5.73 Å². The lowest BCUT2D eigenvalue weighted by molar-refractivity contribution is 0.100. The minimum absolute atomic E-state index is 0.139. The Kier molecular flexibility index (Phi) is 9.96. The van der Waals surface area contributed by atoms with E-state index in [-0.39, 0.29) is 5.56 Å². The average molecular weight is 479 g/mol. The van der Waals surface area contributed by atoms with E-state index in [1.54, 1.807) is 51.4 Å². The monoisotopic (exact) mass is 478 g/mol. The first-order valence-electron chi connectivity index (χ1n) is 10.8. The predicted molar refractivity (Wildman–Crippen MR) is 136 cm³/mol. The van der Waals surface area contributed by atoms with E-state index in [1.807, 2.05) is 19.1 Å². The van der Waals surface area contributed by atoms with Gasteiger partial charge in [-0.1, -0.05) is 42.9 Å².